The van der Waals surface area contributed by atoms with Crippen LogP contribution in [0.4, 0.5) is 0 Å². The Hall–Kier alpha value is -0.860. The van der Waals surface area contributed by atoms with E-state index in [1.165, 1.54) is 11.1 Å². The summed E-state index contributed by atoms with van der Waals surface area (Å²) in [4.78, 5) is 0. The van der Waals surface area contributed by atoms with E-state index in [2.05, 4.69) is 43.4 Å². The predicted molar refractivity (Wildman–Crippen MR) is 69.0 cm³/mol. The van der Waals surface area contributed by atoms with Crippen LogP contribution in [0.3, 0.4) is 0 Å². The maximum absolute atomic E-state index is 5.18. The molecule has 1 aromatic rings. The molecule has 0 saturated heterocycles. The number of methoxy groups -OCH3 is 1. The highest BCUT2D eigenvalue weighted by molar-refractivity contribution is 5.25. The highest BCUT2D eigenvalue weighted by Crippen LogP contribution is 2.20. The maximum Gasteiger partial charge on any atom is 0.0468 e. The zero-order chi connectivity index (χ0) is 11.8. The van der Waals surface area contributed by atoms with Crippen molar-refractivity contribution >= 4 is 0 Å². The second kappa shape index (κ2) is 7.42. The molecular formula is C14H23NO. The zero-order valence-electron chi connectivity index (χ0n) is 10.6. The van der Waals surface area contributed by atoms with Crippen molar-refractivity contribution in [2.24, 2.45) is 0 Å². The van der Waals surface area contributed by atoms with Crippen molar-refractivity contribution in [1.82, 2.24) is 5.32 Å². The normalized spacial score (nSPS) is 12.7. The van der Waals surface area contributed by atoms with Gasteiger partial charge in [0.1, 0.15) is 0 Å². The second-order valence-electron chi connectivity index (χ2n) is 4.20. The summed E-state index contributed by atoms with van der Waals surface area (Å²) < 4.78 is 5.18. The van der Waals surface area contributed by atoms with Gasteiger partial charge in [-0.25, -0.2) is 0 Å². The minimum Gasteiger partial charge on any atom is -0.385 e. The molecule has 1 N–H and O–H groups in total. The summed E-state index contributed by atoms with van der Waals surface area (Å²) in [6.45, 7) is 7.16. The number of hydrogen-bond donors (Lipinski definition) is 1. The quantitative estimate of drug-likeness (QED) is 0.764. The second-order valence-corrected chi connectivity index (χ2v) is 4.20. The average molecular weight is 221 g/mol. The molecule has 2 nitrogen and oxygen atoms in total. The zero-order valence-corrected chi connectivity index (χ0v) is 10.6. The molecule has 2 heteroatoms. The summed E-state index contributed by atoms with van der Waals surface area (Å²) >= 11 is 0. The van der Waals surface area contributed by atoms with Gasteiger partial charge in [0.25, 0.3) is 0 Å². The Morgan fingerprint density at radius 1 is 1.38 bits per heavy atom. The van der Waals surface area contributed by atoms with Crippen LogP contribution in [-0.2, 0) is 4.74 Å². The molecule has 1 atom stereocenters. The van der Waals surface area contributed by atoms with E-state index in [1.54, 1.807) is 7.11 Å². The minimum atomic E-state index is 0.555. The van der Waals surface area contributed by atoms with E-state index in [1.807, 2.05) is 0 Å². The summed E-state index contributed by atoms with van der Waals surface area (Å²) in [7, 11) is 1.76. The van der Waals surface area contributed by atoms with Gasteiger partial charge in [-0.05, 0) is 31.4 Å². The van der Waals surface area contributed by atoms with Crippen LogP contribution in [0.1, 0.15) is 30.4 Å². The standard InChI is InChI=1S/C14H23NO/c1-4-15-11-14(8-9-16-3)13-7-5-6-12(2)10-13/h5-7,10,14-15H,4,8-9,11H2,1-3H3. The van der Waals surface area contributed by atoms with E-state index in [0.29, 0.717) is 5.92 Å². The molecule has 0 amide bonds. The lowest BCUT2D eigenvalue weighted by Crippen LogP contribution is -2.22. The van der Waals surface area contributed by atoms with Gasteiger partial charge in [0.15, 0.2) is 0 Å². The number of ether oxygens (including phenoxy) is 1. The van der Waals surface area contributed by atoms with Crippen molar-refractivity contribution in [3.8, 4) is 0 Å². The molecule has 90 valence electrons. The van der Waals surface area contributed by atoms with Gasteiger partial charge in [-0.2, -0.15) is 0 Å². The number of nitrogens with one attached hydrogen (secondary N) is 1. The van der Waals surface area contributed by atoms with E-state index < -0.39 is 0 Å². The molecule has 0 saturated carbocycles. The molecule has 1 rings (SSSR count). The van der Waals surface area contributed by atoms with Gasteiger partial charge in [-0.1, -0.05) is 36.8 Å². The smallest absolute Gasteiger partial charge is 0.0468 e. The van der Waals surface area contributed by atoms with Crippen LogP contribution in [0.15, 0.2) is 24.3 Å². The number of hydrogen-bond acceptors (Lipinski definition) is 2. The van der Waals surface area contributed by atoms with Crippen LogP contribution < -0.4 is 5.32 Å². The number of likely N-dealkylation sites (N-methyl/N-ethyl adjacent to an activating group) is 1. The average Bonchev–Trinajstić information content (AvgIpc) is 2.29. The Morgan fingerprint density at radius 2 is 2.19 bits per heavy atom. The maximum atomic E-state index is 5.18. The van der Waals surface area contributed by atoms with Crippen LogP contribution in [0.25, 0.3) is 0 Å². The van der Waals surface area contributed by atoms with Crippen LogP contribution in [0, 0.1) is 6.92 Å². The molecule has 0 aliphatic carbocycles. The highest BCUT2D eigenvalue weighted by Gasteiger charge is 2.10. The molecule has 16 heavy (non-hydrogen) atoms. The number of rotatable bonds is 7. The molecule has 0 fully saturated rings. The van der Waals surface area contributed by atoms with Gasteiger partial charge in [0.05, 0.1) is 0 Å². The Balaban J connectivity index is 2.66. The topological polar surface area (TPSA) is 21.3 Å². The number of aryl methyl sites for hydroxylation is 1. The van der Waals surface area contributed by atoms with Gasteiger partial charge in [0, 0.05) is 20.3 Å². The summed E-state index contributed by atoms with van der Waals surface area (Å²) in [5.74, 6) is 0.555. The molecular weight excluding hydrogens is 198 g/mol. The largest absolute Gasteiger partial charge is 0.385 e. The first kappa shape index (κ1) is 13.2. The Kier molecular flexibility index (Phi) is 6.12. The minimum absolute atomic E-state index is 0.555. The van der Waals surface area contributed by atoms with Gasteiger partial charge >= 0.3 is 0 Å². The Labute approximate surface area is 99.0 Å². The van der Waals surface area contributed by atoms with Gasteiger partial charge in [-0.3, -0.25) is 0 Å². The first-order valence-electron chi connectivity index (χ1n) is 6.04. The predicted octanol–water partition coefficient (Wildman–Crippen LogP) is 2.72. The molecule has 0 radical (unpaired) electrons. The molecule has 1 aromatic carbocycles. The summed E-state index contributed by atoms with van der Waals surface area (Å²) in [6.07, 6.45) is 1.08. The fourth-order valence-electron chi connectivity index (χ4n) is 1.89. The van der Waals surface area contributed by atoms with Crippen LogP contribution >= 0.6 is 0 Å². The molecule has 0 aromatic heterocycles. The Bertz CT molecular complexity index is 291. The van der Waals surface area contributed by atoms with Crippen molar-refractivity contribution in [1.29, 1.82) is 0 Å². The number of benzene rings is 1. The van der Waals surface area contributed by atoms with Crippen LogP contribution in [0.5, 0.6) is 0 Å². The van der Waals surface area contributed by atoms with E-state index in [9.17, 15) is 0 Å². The van der Waals surface area contributed by atoms with Crippen molar-refractivity contribution in [2.45, 2.75) is 26.2 Å². The van der Waals surface area contributed by atoms with Crippen molar-refractivity contribution < 1.29 is 4.74 Å². The van der Waals surface area contributed by atoms with E-state index in [4.69, 9.17) is 4.74 Å². The lowest BCUT2D eigenvalue weighted by atomic mass is 9.94. The fourth-order valence-corrected chi connectivity index (χ4v) is 1.89. The Morgan fingerprint density at radius 3 is 2.81 bits per heavy atom. The molecule has 0 heterocycles. The molecule has 0 bridgehead atoms. The first-order chi connectivity index (χ1) is 7.77. The van der Waals surface area contributed by atoms with Gasteiger partial charge < -0.3 is 10.1 Å². The van der Waals surface area contributed by atoms with Crippen molar-refractivity contribution in [2.75, 3.05) is 26.8 Å². The summed E-state index contributed by atoms with van der Waals surface area (Å²) in [5.41, 5.74) is 2.74. The lowest BCUT2D eigenvalue weighted by Gasteiger charge is -2.17. The SMILES string of the molecule is CCNCC(CCOC)c1cccc(C)c1. The highest BCUT2D eigenvalue weighted by atomic mass is 16.5. The van der Waals surface area contributed by atoms with Crippen molar-refractivity contribution in [3.05, 3.63) is 35.4 Å². The third-order valence-electron chi connectivity index (χ3n) is 2.82. The van der Waals surface area contributed by atoms with E-state index in [-0.39, 0.29) is 0 Å². The molecule has 1 unspecified atom stereocenters. The van der Waals surface area contributed by atoms with Crippen LogP contribution in [0.2, 0.25) is 0 Å². The van der Waals surface area contributed by atoms with Gasteiger partial charge in [0.2, 0.25) is 0 Å². The molecule has 0 spiro atoms. The molecule has 0 aliphatic heterocycles. The third kappa shape index (κ3) is 4.33. The van der Waals surface area contributed by atoms with Crippen molar-refractivity contribution in [3.63, 3.8) is 0 Å². The van der Waals surface area contributed by atoms with Crippen LogP contribution in [-0.4, -0.2) is 26.8 Å². The third-order valence-corrected chi connectivity index (χ3v) is 2.82. The summed E-state index contributed by atoms with van der Waals surface area (Å²) in [5, 5.41) is 3.42. The first-order valence-corrected chi connectivity index (χ1v) is 6.04. The van der Waals surface area contributed by atoms with Gasteiger partial charge in [-0.15, -0.1) is 0 Å². The summed E-state index contributed by atoms with van der Waals surface area (Å²) in [6, 6.07) is 8.77. The monoisotopic (exact) mass is 221 g/mol. The lowest BCUT2D eigenvalue weighted by molar-refractivity contribution is 0.187. The molecule has 0 aliphatic rings. The van der Waals surface area contributed by atoms with E-state index in [0.717, 1.165) is 26.1 Å². The fraction of sp³-hybridized carbons (Fsp3) is 0.571. The van der Waals surface area contributed by atoms with E-state index >= 15 is 0 Å².